The van der Waals surface area contributed by atoms with Gasteiger partial charge in [0.05, 0.1) is 25.6 Å². The van der Waals surface area contributed by atoms with Crippen LogP contribution >= 0.6 is 0 Å². The van der Waals surface area contributed by atoms with E-state index in [0.717, 1.165) is 12.8 Å². The third-order valence-corrected chi connectivity index (χ3v) is 4.00. The maximum atomic E-state index is 12.0. The van der Waals surface area contributed by atoms with Crippen molar-refractivity contribution < 1.29 is 19.2 Å². The quantitative estimate of drug-likeness (QED) is 0.567. The van der Waals surface area contributed by atoms with Crippen molar-refractivity contribution in [2.24, 2.45) is 5.92 Å². The summed E-state index contributed by atoms with van der Waals surface area (Å²) in [4.78, 5) is 30.4. The van der Waals surface area contributed by atoms with E-state index in [-0.39, 0.29) is 36.4 Å². The van der Waals surface area contributed by atoms with Crippen LogP contribution in [0.5, 0.6) is 0 Å². The molecule has 0 aromatic heterocycles. The molecule has 0 aromatic rings. The normalized spacial score (nSPS) is 29.7. The third-order valence-electron chi connectivity index (χ3n) is 4.00. The number of rotatable bonds is 4. The molecule has 0 N–H and O–H groups in total. The van der Waals surface area contributed by atoms with Crippen molar-refractivity contribution in [2.75, 3.05) is 20.8 Å². The van der Waals surface area contributed by atoms with E-state index in [2.05, 4.69) is 6.58 Å². The molecule has 106 valence electrons. The predicted octanol–water partition coefficient (Wildman–Crippen LogP) is 1.18. The average molecular weight is 268 g/mol. The monoisotopic (exact) mass is 268 g/mol. The number of hydrogen-bond acceptors (Lipinski definition) is 4. The summed E-state index contributed by atoms with van der Waals surface area (Å²) < 4.78 is 5.09. The molecule has 19 heavy (non-hydrogen) atoms. The van der Waals surface area contributed by atoms with Gasteiger partial charge < -0.3 is 4.74 Å². The summed E-state index contributed by atoms with van der Waals surface area (Å²) in [6, 6.07) is -0.0919. The van der Waals surface area contributed by atoms with E-state index in [4.69, 9.17) is 9.57 Å². The van der Waals surface area contributed by atoms with Crippen LogP contribution in [0.3, 0.4) is 0 Å². The first-order chi connectivity index (χ1) is 9.08. The fourth-order valence-corrected chi connectivity index (χ4v) is 2.82. The summed E-state index contributed by atoms with van der Waals surface area (Å²) in [7, 11) is 3.00. The summed E-state index contributed by atoms with van der Waals surface area (Å²) in [6.07, 6.45) is 3.55. The van der Waals surface area contributed by atoms with Crippen LogP contribution in [0, 0.1) is 5.92 Å². The Bertz CT molecular complexity index is 385. The van der Waals surface area contributed by atoms with Gasteiger partial charge in [0.15, 0.2) is 0 Å². The molecule has 3 atom stereocenters. The van der Waals surface area contributed by atoms with E-state index < -0.39 is 0 Å². The highest BCUT2D eigenvalue weighted by Gasteiger charge is 2.45. The van der Waals surface area contributed by atoms with Crippen molar-refractivity contribution in [3.05, 3.63) is 12.7 Å². The fraction of sp³-hybridized carbons (Fsp3) is 0.692. The topological polar surface area (TPSA) is 59.1 Å². The van der Waals surface area contributed by atoms with E-state index >= 15 is 0 Å². The molecule has 6 nitrogen and oxygen atoms in total. The number of fused-ring (bicyclic) bond motifs is 1. The zero-order chi connectivity index (χ0) is 14.0. The molecule has 2 aliphatic heterocycles. The molecule has 2 rings (SSSR count). The Kier molecular flexibility index (Phi) is 4.09. The summed E-state index contributed by atoms with van der Waals surface area (Å²) in [5.41, 5.74) is 0. The number of piperidine rings is 1. The molecule has 2 amide bonds. The molecule has 0 aromatic carbocycles. The van der Waals surface area contributed by atoms with Crippen LogP contribution in [0.4, 0.5) is 4.79 Å². The molecular weight excluding hydrogens is 248 g/mol. The van der Waals surface area contributed by atoms with Gasteiger partial charge in [0, 0.05) is 7.05 Å². The second kappa shape index (κ2) is 5.61. The van der Waals surface area contributed by atoms with Crippen LogP contribution in [-0.2, 0) is 14.4 Å². The Labute approximate surface area is 112 Å². The van der Waals surface area contributed by atoms with Crippen molar-refractivity contribution >= 4 is 12.0 Å². The average Bonchev–Trinajstić information content (AvgIpc) is 2.80. The van der Waals surface area contributed by atoms with Gasteiger partial charge >= 0.3 is 6.09 Å². The molecule has 0 saturated carbocycles. The Morgan fingerprint density at radius 1 is 1.63 bits per heavy atom. The second-order valence-electron chi connectivity index (χ2n) is 4.96. The minimum absolute atomic E-state index is 0.0920. The number of ether oxygens (including phenoxy) is 1. The summed E-state index contributed by atoms with van der Waals surface area (Å²) in [5.74, 6) is -0.0317. The molecule has 0 bridgehead atoms. The Balaban J connectivity index is 2.14. The Morgan fingerprint density at radius 2 is 2.37 bits per heavy atom. The maximum absolute atomic E-state index is 12.0. The molecule has 0 unspecified atom stereocenters. The van der Waals surface area contributed by atoms with E-state index in [1.165, 1.54) is 12.2 Å². The highest BCUT2D eigenvalue weighted by Crippen LogP contribution is 2.34. The van der Waals surface area contributed by atoms with Crippen LogP contribution < -0.4 is 0 Å². The molecule has 2 aliphatic rings. The van der Waals surface area contributed by atoms with Crippen molar-refractivity contribution in [3.63, 3.8) is 0 Å². The fourth-order valence-electron chi connectivity index (χ4n) is 2.82. The van der Waals surface area contributed by atoms with Gasteiger partial charge in [-0.3, -0.25) is 14.5 Å². The Morgan fingerprint density at radius 3 is 3.00 bits per heavy atom. The number of carbonyl (C=O) groups is 2. The van der Waals surface area contributed by atoms with E-state index in [9.17, 15) is 9.59 Å². The largest absolute Gasteiger partial charge is 0.447 e. The van der Waals surface area contributed by atoms with E-state index in [0.29, 0.717) is 6.61 Å². The van der Waals surface area contributed by atoms with Gasteiger partial charge in [-0.25, -0.2) is 9.86 Å². The number of carbonyl (C=O) groups excluding carboxylic acids is 2. The zero-order valence-corrected chi connectivity index (χ0v) is 11.4. The minimum atomic E-state index is -0.325. The van der Waals surface area contributed by atoms with Crippen LogP contribution in [-0.4, -0.2) is 54.8 Å². The van der Waals surface area contributed by atoms with Crippen LogP contribution in [0.25, 0.3) is 0 Å². The van der Waals surface area contributed by atoms with Gasteiger partial charge in [-0.2, -0.15) is 0 Å². The minimum Gasteiger partial charge on any atom is -0.447 e. The summed E-state index contributed by atoms with van der Waals surface area (Å²) in [5, 5.41) is 1.19. The standard InChI is InChI=1S/C13H20N2O4/c1-4-9-5-6-10-8-19-13(17)15(10)11(9)7-12(16)14(2)18-3/h4,9-11H,1,5-8H2,2-3H3/t9-,10-,11+/m0/s1. The summed E-state index contributed by atoms with van der Waals surface area (Å²) >= 11 is 0. The van der Waals surface area contributed by atoms with Gasteiger partial charge in [-0.05, 0) is 18.8 Å². The number of hydrogen-bond donors (Lipinski definition) is 0. The highest BCUT2D eigenvalue weighted by molar-refractivity contribution is 5.77. The molecule has 0 spiro atoms. The molecular formula is C13H20N2O4. The lowest BCUT2D eigenvalue weighted by atomic mass is 9.84. The molecule has 0 radical (unpaired) electrons. The van der Waals surface area contributed by atoms with Gasteiger partial charge in [0.25, 0.3) is 0 Å². The van der Waals surface area contributed by atoms with Crippen molar-refractivity contribution in [1.82, 2.24) is 9.96 Å². The molecule has 2 heterocycles. The van der Waals surface area contributed by atoms with Crippen molar-refractivity contribution in [1.29, 1.82) is 0 Å². The van der Waals surface area contributed by atoms with Crippen molar-refractivity contribution in [3.8, 4) is 0 Å². The molecule has 0 aliphatic carbocycles. The SMILES string of the molecule is C=C[C@H]1CC[C@H]2COC(=O)N2[C@@H]1CC(=O)N(C)OC. The van der Waals surface area contributed by atoms with E-state index in [1.54, 1.807) is 11.9 Å². The number of hydroxylamine groups is 2. The van der Waals surface area contributed by atoms with Crippen LogP contribution in [0.2, 0.25) is 0 Å². The first kappa shape index (κ1) is 13.9. The first-order valence-corrected chi connectivity index (χ1v) is 6.46. The zero-order valence-electron chi connectivity index (χ0n) is 11.4. The van der Waals surface area contributed by atoms with Crippen LogP contribution in [0.1, 0.15) is 19.3 Å². The lowest BCUT2D eigenvalue weighted by Gasteiger charge is -2.40. The van der Waals surface area contributed by atoms with E-state index in [1.807, 2.05) is 6.08 Å². The lowest BCUT2D eigenvalue weighted by Crippen LogP contribution is -2.51. The smallest absolute Gasteiger partial charge is 0.410 e. The number of nitrogens with zero attached hydrogens (tertiary/aromatic N) is 2. The van der Waals surface area contributed by atoms with Gasteiger partial charge in [-0.1, -0.05) is 6.08 Å². The third kappa shape index (κ3) is 2.58. The van der Waals surface area contributed by atoms with Crippen LogP contribution in [0.15, 0.2) is 12.7 Å². The molecule has 2 fully saturated rings. The maximum Gasteiger partial charge on any atom is 0.410 e. The molecule has 6 heteroatoms. The molecule has 2 saturated heterocycles. The number of cyclic esters (lactones) is 1. The predicted molar refractivity (Wildman–Crippen MR) is 68.1 cm³/mol. The summed E-state index contributed by atoms with van der Waals surface area (Å²) in [6.45, 7) is 4.24. The number of amides is 2. The van der Waals surface area contributed by atoms with Gasteiger partial charge in [-0.15, -0.1) is 6.58 Å². The van der Waals surface area contributed by atoms with Crippen molar-refractivity contribution in [2.45, 2.75) is 31.3 Å². The van der Waals surface area contributed by atoms with Gasteiger partial charge in [0.1, 0.15) is 6.61 Å². The lowest BCUT2D eigenvalue weighted by molar-refractivity contribution is -0.170. The second-order valence-corrected chi connectivity index (χ2v) is 4.96. The van der Waals surface area contributed by atoms with Gasteiger partial charge in [0.2, 0.25) is 5.91 Å². The first-order valence-electron chi connectivity index (χ1n) is 6.46. The Hall–Kier alpha value is -1.56. The highest BCUT2D eigenvalue weighted by atomic mass is 16.7.